The summed E-state index contributed by atoms with van der Waals surface area (Å²) in [5.74, 6) is 0. The maximum atomic E-state index is 4.06. The molecule has 5 nitrogen and oxygen atoms in total. The third-order valence-electron chi connectivity index (χ3n) is 2.26. The van der Waals surface area contributed by atoms with Crippen LogP contribution in [0.4, 0.5) is 0 Å². The van der Waals surface area contributed by atoms with Crippen LogP contribution in [0, 0.1) is 0 Å². The zero-order valence-corrected chi connectivity index (χ0v) is 9.01. The van der Waals surface area contributed by atoms with Crippen molar-refractivity contribution in [3.63, 3.8) is 0 Å². The number of aryl methyl sites for hydroxylation is 1. The van der Waals surface area contributed by atoms with Crippen molar-refractivity contribution in [1.82, 2.24) is 24.9 Å². The summed E-state index contributed by atoms with van der Waals surface area (Å²) >= 11 is 0. The van der Waals surface area contributed by atoms with Gasteiger partial charge >= 0.3 is 0 Å². The highest BCUT2D eigenvalue weighted by Gasteiger charge is 2.03. The van der Waals surface area contributed by atoms with Crippen LogP contribution in [-0.4, -0.2) is 26.6 Å². The fourth-order valence-corrected chi connectivity index (χ4v) is 1.59. The van der Waals surface area contributed by atoms with Gasteiger partial charge in [-0.05, 0) is 19.2 Å². The Morgan fingerprint density at radius 3 is 3.00 bits per heavy atom. The number of nitrogens with zero attached hydrogens (tertiary/aromatic N) is 4. The van der Waals surface area contributed by atoms with Gasteiger partial charge in [0.2, 0.25) is 0 Å². The van der Waals surface area contributed by atoms with Crippen molar-refractivity contribution in [3.05, 3.63) is 35.9 Å². The fraction of sp³-hybridized carbons (Fsp3) is 0.400. The lowest BCUT2D eigenvalue weighted by molar-refractivity contribution is 0.679. The summed E-state index contributed by atoms with van der Waals surface area (Å²) in [7, 11) is 3.82. The molecule has 0 atom stereocenters. The molecule has 0 spiro atoms. The number of nitrogens with one attached hydrogen (secondary N) is 1. The van der Waals surface area contributed by atoms with Gasteiger partial charge in [-0.25, -0.2) is 0 Å². The van der Waals surface area contributed by atoms with E-state index in [1.54, 1.807) is 4.68 Å². The molecule has 15 heavy (non-hydrogen) atoms. The first-order chi connectivity index (χ1) is 7.29. The molecule has 1 N–H and O–H groups in total. The molecule has 0 aliphatic rings. The van der Waals surface area contributed by atoms with Crippen LogP contribution in [0.3, 0.4) is 0 Å². The van der Waals surface area contributed by atoms with Crippen LogP contribution in [0.25, 0.3) is 0 Å². The van der Waals surface area contributed by atoms with Crippen molar-refractivity contribution in [2.75, 3.05) is 7.05 Å². The van der Waals surface area contributed by atoms with E-state index in [-0.39, 0.29) is 0 Å². The molecule has 80 valence electrons. The summed E-state index contributed by atoms with van der Waals surface area (Å²) in [4.78, 5) is 0. The lowest BCUT2D eigenvalue weighted by Crippen LogP contribution is -2.11. The zero-order valence-electron chi connectivity index (χ0n) is 9.01. The number of aromatic nitrogens is 4. The van der Waals surface area contributed by atoms with Crippen molar-refractivity contribution >= 4 is 0 Å². The topological polar surface area (TPSA) is 47.7 Å². The maximum absolute atomic E-state index is 4.06. The van der Waals surface area contributed by atoms with E-state index in [0.29, 0.717) is 0 Å². The quantitative estimate of drug-likeness (QED) is 0.785. The van der Waals surface area contributed by atoms with E-state index in [2.05, 4.69) is 32.5 Å². The van der Waals surface area contributed by atoms with Gasteiger partial charge in [-0.2, -0.15) is 0 Å². The first kappa shape index (κ1) is 9.92. The largest absolute Gasteiger partial charge is 0.344 e. The van der Waals surface area contributed by atoms with Crippen LogP contribution in [-0.2, 0) is 20.1 Å². The Balaban J connectivity index is 2.13. The number of hydrogen-bond donors (Lipinski definition) is 1. The SMILES string of the molecule is CNCc1cccn1Cc1cn(C)nn1. The van der Waals surface area contributed by atoms with E-state index in [0.717, 1.165) is 18.8 Å². The van der Waals surface area contributed by atoms with Crippen LogP contribution in [0.5, 0.6) is 0 Å². The molecular weight excluding hydrogens is 190 g/mol. The molecule has 0 bridgehead atoms. The third kappa shape index (κ3) is 2.24. The fourth-order valence-electron chi connectivity index (χ4n) is 1.59. The summed E-state index contributed by atoms with van der Waals surface area (Å²) in [5, 5.41) is 11.1. The summed E-state index contributed by atoms with van der Waals surface area (Å²) < 4.78 is 3.89. The van der Waals surface area contributed by atoms with Gasteiger partial charge < -0.3 is 9.88 Å². The Hall–Kier alpha value is -1.62. The Morgan fingerprint density at radius 2 is 2.33 bits per heavy atom. The average molecular weight is 205 g/mol. The molecule has 0 radical (unpaired) electrons. The van der Waals surface area contributed by atoms with E-state index in [9.17, 15) is 0 Å². The van der Waals surface area contributed by atoms with Gasteiger partial charge in [0, 0.05) is 31.7 Å². The summed E-state index contributed by atoms with van der Waals surface area (Å²) in [6, 6.07) is 4.15. The van der Waals surface area contributed by atoms with Crippen LogP contribution >= 0.6 is 0 Å². The molecule has 2 aromatic heterocycles. The molecule has 2 rings (SSSR count). The van der Waals surface area contributed by atoms with Gasteiger partial charge in [0.25, 0.3) is 0 Å². The second kappa shape index (κ2) is 4.27. The summed E-state index contributed by atoms with van der Waals surface area (Å²) in [5.41, 5.74) is 2.23. The van der Waals surface area contributed by atoms with Crippen molar-refractivity contribution in [1.29, 1.82) is 0 Å². The zero-order chi connectivity index (χ0) is 10.7. The van der Waals surface area contributed by atoms with E-state index >= 15 is 0 Å². The van der Waals surface area contributed by atoms with E-state index in [1.807, 2.05) is 26.4 Å². The van der Waals surface area contributed by atoms with E-state index in [1.165, 1.54) is 5.69 Å². The van der Waals surface area contributed by atoms with Crippen LogP contribution in [0.2, 0.25) is 0 Å². The Bertz CT molecular complexity index is 428. The van der Waals surface area contributed by atoms with Crippen molar-refractivity contribution in [2.45, 2.75) is 13.1 Å². The number of rotatable bonds is 4. The molecule has 0 aromatic carbocycles. The van der Waals surface area contributed by atoms with Crippen LogP contribution in [0.15, 0.2) is 24.5 Å². The molecule has 0 aliphatic carbocycles. The van der Waals surface area contributed by atoms with Gasteiger partial charge in [0.05, 0.1) is 6.54 Å². The molecular formula is C10H15N5. The minimum Gasteiger partial charge on any atom is -0.344 e. The smallest absolute Gasteiger partial charge is 0.102 e. The molecule has 0 fully saturated rings. The van der Waals surface area contributed by atoms with Gasteiger partial charge in [0.1, 0.15) is 5.69 Å². The number of hydrogen-bond acceptors (Lipinski definition) is 3. The highest BCUT2D eigenvalue weighted by Crippen LogP contribution is 2.05. The van der Waals surface area contributed by atoms with E-state index in [4.69, 9.17) is 0 Å². The Morgan fingerprint density at radius 1 is 1.47 bits per heavy atom. The standard InChI is InChI=1S/C10H15N5/c1-11-6-10-4-3-5-15(10)8-9-7-14(2)13-12-9/h3-5,7,11H,6,8H2,1-2H3. The first-order valence-electron chi connectivity index (χ1n) is 4.93. The van der Waals surface area contributed by atoms with Crippen molar-refractivity contribution < 1.29 is 0 Å². The summed E-state index contributed by atoms with van der Waals surface area (Å²) in [6.45, 7) is 1.64. The third-order valence-corrected chi connectivity index (χ3v) is 2.26. The summed E-state index contributed by atoms with van der Waals surface area (Å²) in [6.07, 6.45) is 3.99. The minimum absolute atomic E-state index is 0.776. The van der Waals surface area contributed by atoms with Gasteiger partial charge in [-0.15, -0.1) is 5.10 Å². The molecule has 0 saturated carbocycles. The highest BCUT2D eigenvalue weighted by atomic mass is 15.4. The second-order valence-electron chi connectivity index (χ2n) is 3.54. The first-order valence-corrected chi connectivity index (χ1v) is 4.93. The van der Waals surface area contributed by atoms with Gasteiger partial charge in [-0.1, -0.05) is 5.21 Å². The van der Waals surface area contributed by atoms with Gasteiger partial charge in [-0.3, -0.25) is 4.68 Å². The van der Waals surface area contributed by atoms with Crippen LogP contribution < -0.4 is 5.32 Å². The average Bonchev–Trinajstić information content (AvgIpc) is 2.78. The Labute approximate surface area is 88.7 Å². The predicted molar refractivity (Wildman–Crippen MR) is 57.3 cm³/mol. The Kier molecular flexibility index (Phi) is 2.82. The molecule has 2 aromatic rings. The van der Waals surface area contributed by atoms with Crippen molar-refractivity contribution in [2.24, 2.45) is 7.05 Å². The highest BCUT2D eigenvalue weighted by molar-refractivity contribution is 5.09. The second-order valence-corrected chi connectivity index (χ2v) is 3.54. The minimum atomic E-state index is 0.776. The lowest BCUT2D eigenvalue weighted by Gasteiger charge is -2.06. The molecule has 0 aliphatic heterocycles. The monoisotopic (exact) mass is 205 g/mol. The predicted octanol–water partition coefficient (Wildman–Crippen LogP) is 0.384. The lowest BCUT2D eigenvalue weighted by atomic mass is 10.4. The molecule has 2 heterocycles. The maximum Gasteiger partial charge on any atom is 0.102 e. The van der Waals surface area contributed by atoms with Gasteiger partial charge in [0.15, 0.2) is 0 Å². The van der Waals surface area contributed by atoms with E-state index < -0.39 is 0 Å². The normalized spacial score (nSPS) is 10.8. The molecule has 0 amide bonds. The molecule has 0 unspecified atom stereocenters. The molecule has 0 saturated heterocycles. The van der Waals surface area contributed by atoms with Crippen LogP contribution in [0.1, 0.15) is 11.4 Å². The molecule has 5 heteroatoms. The van der Waals surface area contributed by atoms with Crippen molar-refractivity contribution in [3.8, 4) is 0 Å².